The molecule has 0 aliphatic carbocycles. The van der Waals surface area contributed by atoms with Crippen LogP contribution in [0.5, 0.6) is 5.75 Å². The second kappa shape index (κ2) is 8.19. The van der Waals surface area contributed by atoms with Crippen molar-refractivity contribution in [2.45, 2.75) is 0 Å². The monoisotopic (exact) mass is 333 g/mol. The number of carbonyl (C=O) groups is 2. The van der Waals surface area contributed by atoms with Gasteiger partial charge in [0, 0.05) is 10.6 Å². The normalized spacial score (nSPS) is 10.0. The van der Waals surface area contributed by atoms with Crippen LogP contribution in [0.15, 0.2) is 48.5 Å². The van der Waals surface area contributed by atoms with Crippen molar-refractivity contribution >= 4 is 23.5 Å². The lowest BCUT2D eigenvalue weighted by Crippen LogP contribution is -2.28. The zero-order chi connectivity index (χ0) is 16.7. The van der Waals surface area contributed by atoms with Crippen LogP contribution in [0.4, 0.5) is 0 Å². The number of hydrogen-bond acceptors (Lipinski definition) is 4. The van der Waals surface area contributed by atoms with Crippen LogP contribution < -0.4 is 10.1 Å². The predicted octanol–water partition coefficient (Wildman–Crippen LogP) is 2.94. The van der Waals surface area contributed by atoms with Crippen LogP contribution >= 0.6 is 11.6 Å². The SMILES string of the molecule is COC(=O)c1ccc(OCCNC(=O)c2ccc(Cl)cc2)cc1. The lowest BCUT2D eigenvalue weighted by Gasteiger charge is -2.08. The summed E-state index contributed by atoms with van der Waals surface area (Å²) in [5.41, 5.74) is 0.993. The number of methoxy groups -OCH3 is 1. The molecular formula is C17H16ClNO4. The third kappa shape index (κ3) is 5.00. The number of esters is 1. The highest BCUT2D eigenvalue weighted by molar-refractivity contribution is 6.30. The second-order valence-corrected chi connectivity index (χ2v) is 5.06. The van der Waals surface area contributed by atoms with Crippen LogP contribution in [-0.2, 0) is 4.74 Å². The first-order valence-electron chi connectivity index (χ1n) is 6.95. The lowest BCUT2D eigenvalue weighted by atomic mass is 10.2. The summed E-state index contributed by atoms with van der Waals surface area (Å²) in [6.07, 6.45) is 0. The summed E-state index contributed by atoms with van der Waals surface area (Å²) >= 11 is 5.77. The predicted molar refractivity (Wildman–Crippen MR) is 87.1 cm³/mol. The van der Waals surface area contributed by atoms with Gasteiger partial charge in [0.2, 0.25) is 0 Å². The maximum atomic E-state index is 11.9. The summed E-state index contributed by atoms with van der Waals surface area (Å²) in [6.45, 7) is 0.678. The van der Waals surface area contributed by atoms with Crippen LogP contribution in [0.25, 0.3) is 0 Å². The summed E-state index contributed by atoms with van der Waals surface area (Å²) in [5, 5.41) is 3.33. The van der Waals surface area contributed by atoms with E-state index in [0.717, 1.165) is 0 Å². The summed E-state index contributed by atoms with van der Waals surface area (Å²) in [4.78, 5) is 23.2. The molecule has 120 valence electrons. The average Bonchev–Trinajstić information content (AvgIpc) is 2.59. The van der Waals surface area contributed by atoms with Crippen LogP contribution in [0.1, 0.15) is 20.7 Å². The molecular weight excluding hydrogens is 318 g/mol. The Balaban J connectivity index is 1.75. The summed E-state index contributed by atoms with van der Waals surface area (Å²) < 4.78 is 10.1. The molecule has 23 heavy (non-hydrogen) atoms. The first kappa shape index (κ1) is 16.8. The first-order valence-corrected chi connectivity index (χ1v) is 7.33. The summed E-state index contributed by atoms with van der Waals surface area (Å²) in [7, 11) is 1.33. The van der Waals surface area contributed by atoms with E-state index in [-0.39, 0.29) is 5.91 Å². The molecule has 6 heteroatoms. The van der Waals surface area contributed by atoms with Crippen molar-refractivity contribution < 1.29 is 19.1 Å². The molecule has 0 heterocycles. The van der Waals surface area contributed by atoms with Crippen molar-refractivity contribution in [1.29, 1.82) is 0 Å². The summed E-state index contributed by atoms with van der Waals surface area (Å²) in [6, 6.07) is 13.2. The van der Waals surface area contributed by atoms with Crippen molar-refractivity contribution in [3.8, 4) is 5.75 Å². The number of ether oxygens (including phenoxy) is 2. The van der Waals surface area contributed by atoms with Gasteiger partial charge in [0.15, 0.2) is 0 Å². The minimum Gasteiger partial charge on any atom is -0.492 e. The van der Waals surface area contributed by atoms with Gasteiger partial charge in [0.1, 0.15) is 12.4 Å². The molecule has 2 aromatic carbocycles. The van der Waals surface area contributed by atoms with Gasteiger partial charge >= 0.3 is 5.97 Å². The molecule has 0 unspecified atom stereocenters. The Kier molecular flexibility index (Phi) is 6.00. The number of nitrogens with one attached hydrogen (secondary N) is 1. The topological polar surface area (TPSA) is 64.6 Å². The van der Waals surface area contributed by atoms with Crippen LogP contribution in [0.2, 0.25) is 5.02 Å². The molecule has 0 saturated heterocycles. The molecule has 2 rings (SSSR count). The summed E-state index contributed by atoms with van der Waals surface area (Å²) in [5.74, 6) is 0.0245. The zero-order valence-electron chi connectivity index (χ0n) is 12.5. The van der Waals surface area contributed by atoms with E-state index in [0.29, 0.717) is 35.1 Å². The Morgan fingerprint density at radius 1 is 1.00 bits per heavy atom. The number of rotatable bonds is 6. The Morgan fingerprint density at radius 2 is 1.61 bits per heavy atom. The highest BCUT2D eigenvalue weighted by Gasteiger charge is 2.06. The van der Waals surface area contributed by atoms with E-state index >= 15 is 0 Å². The molecule has 1 amide bonds. The molecule has 0 aliphatic rings. The minimum absolute atomic E-state index is 0.189. The van der Waals surface area contributed by atoms with E-state index in [4.69, 9.17) is 16.3 Å². The fourth-order valence-electron chi connectivity index (χ4n) is 1.84. The molecule has 0 fully saturated rings. The number of hydrogen-bond donors (Lipinski definition) is 1. The van der Waals surface area contributed by atoms with Crippen molar-refractivity contribution in [3.05, 3.63) is 64.7 Å². The Hall–Kier alpha value is -2.53. The average molecular weight is 334 g/mol. The molecule has 1 N–H and O–H groups in total. The quantitative estimate of drug-likeness (QED) is 0.652. The molecule has 0 saturated carbocycles. The number of benzene rings is 2. The third-order valence-corrected chi connectivity index (χ3v) is 3.29. The van der Waals surface area contributed by atoms with E-state index in [1.807, 2.05) is 0 Å². The molecule has 0 spiro atoms. The smallest absolute Gasteiger partial charge is 0.337 e. The highest BCUT2D eigenvalue weighted by Crippen LogP contribution is 2.12. The van der Waals surface area contributed by atoms with Gasteiger partial charge < -0.3 is 14.8 Å². The van der Waals surface area contributed by atoms with Crippen molar-refractivity contribution in [2.75, 3.05) is 20.3 Å². The number of amides is 1. The van der Waals surface area contributed by atoms with Gasteiger partial charge in [-0.1, -0.05) is 11.6 Å². The number of halogens is 1. The van der Waals surface area contributed by atoms with Gasteiger partial charge in [0.05, 0.1) is 19.2 Å². The Bertz CT molecular complexity index is 668. The standard InChI is InChI=1S/C17H16ClNO4/c1-22-17(21)13-4-8-15(9-5-13)23-11-10-19-16(20)12-2-6-14(18)7-3-12/h2-9H,10-11H2,1H3,(H,19,20). The lowest BCUT2D eigenvalue weighted by molar-refractivity contribution is 0.0600. The second-order valence-electron chi connectivity index (χ2n) is 4.63. The van der Waals surface area contributed by atoms with Crippen LogP contribution in [0, 0.1) is 0 Å². The van der Waals surface area contributed by atoms with Gasteiger partial charge in [-0.2, -0.15) is 0 Å². The minimum atomic E-state index is -0.397. The van der Waals surface area contributed by atoms with Crippen molar-refractivity contribution in [1.82, 2.24) is 5.32 Å². The van der Waals surface area contributed by atoms with E-state index < -0.39 is 5.97 Å². The number of carbonyl (C=O) groups excluding carboxylic acids is 2. The van der Waals surface area contributed by atoms with Crippen LogP contribution in [-0.4, -0.2) is 32.1 Å². The van der Waals surface area contributed by atoms with E-state index in [1.54, 1.807) is 48.5 Å². The molecule has 0 aromatic heterocycles. The maximum absolute atomic E-state index is 11.9. The van der Waals surface area contributed by atoms with Crippen LogP contribution in [0.3, 0.4) is 0 Å². The van der Waals surface area contributed by atoms with Crippen molar-refractivity contribution in [3.63, 3.8) is 0 Å². The van der Waals surface area contributed by atoms with Gasteiger partial charge in [-0.3, -0.25) is 4.79 Å². The van der Waals surface area contributed by atoms with E-state index in [1.165, 1.54) is 7.11 Å². The fourth-order valence-corrected chi connectivity index (χ4v) is 1.97. The Labute approximate surface area is 139 Å². The Morgan fingerprint density at radius 3 is 2.22 bits per heavy atom. The molecule has 0 bridgehead atoms. The molecule has 0 radical (unpaired) electrons. The maximum Gasteiger partial charge on any atom is 0.337 e. The van der Waals surface area contributed by atoms with Gasteiger partial charge in [-0.05, 0) is 48.5 Å². The zero-order valence-corrected chi connectivity index (χ0v) is 13.3. The highest BCUT2D eigenvalue weighted by atomic mass is 35.5. The van der Waals surface area contributed by atoms with E-state index in [2.05, 4.69) is 10.1 Å². The largest absolute Gasteiger partial charge is 0.492 e. The first-order chi connectivity index (χ1) is 11.1. The molecule has 0 atom stereocenters. The third-order valence-electron chi connectivity index (χ3n) is 3.04. The molecule has 0 aliphatic heterocycles. The van der Waals surface area contributed by atoms with E-state index in [9.17, 15) is 9.59 Å². The van der Waals surface area contributed by atoms with Gasteiger partial charge in [-0.25, -0.2) is 4.79 Å². The van der Waals surface area contributed by atoms with Crippen molar-refractivity contribution in [2.24, 2.45) is 0 Å². The molecule has 5 nitrogen and oxygen atoms in total. The molecule has 2 aromatic rings. The van der Waals surface area contributed by atoms with Gasteiger partial charge in [0.25, 0.3) is 5.91 Å². The van der Waals surface area contributed by atoms with Gasteiger partial charge in [-0.15, -0.1) is 0 Å². The fraction of sp³-hybridized carbons (Fsp3) is 0.176.